The summed E-state index contributed by atoms with van der Waals surface area (Å²) < 4.78 is 24.1. The number of rotatable bonds is 2. The Morgan fingerprint density at radius 3 is 2.22 bits per heavy atom. The fourth-order valence-corrected chi connectivity index (χ4v) is 0.274. The second-order valence-electron chi connectivity index (χ2n) is 1.41. The molecule has 0 fully saturated rings. The van der Waals surface area contributed by atoms with E-state index in [1.54, 1.807) is 0 Å². The summed E-state index contributed by atoms with van der Waals surface area (Å²) in [4.78, 5) is 0. The quantitative estimate of drug-likeness (QED) is 0.504. The van der Waals surface area contributed by atoms with E-state index in [1.165, 1.54) is 13.0 Å². The van der Waals surface area contributed by atoms with Gasteiger partial charge >= 0.3 is 0 Å². The van der Waals surface area contributed by atoms with Crippen molar-refractivity contribution in [1.29, 1.82) is 0 Å². The molecule has 50 valence electrons. The van der Waals surface area contributed by atoms with Gasteiger partial charge in [-0.3, -0.25) is 0 Å². The van der Waals surface area contributed by atoms with Crippen molar-refractivity contribution in [1.82, 2.24) is 0 Å². The van der Waals surface area contributed by atoms with Crippen LogP contribution in [0.2, 0.25) is 0 Å². The Hall–Kier alpha value is -0.920. The first-order valence-electron chi connectivity index (χ1n) is 2.52. The lowest BCUT2D eigenvalue weighted by Crippen LogP contribution is -1.65. The molecule has 0 atom stereocenters. The van der Waals surface area contributed by atoms with Crippen LogP contribution in [0.5, 0.6) is 0 Å². The van der Waals surface area contributed by atoms with Gasteiger partial charge in [-0.1, -0.05) is 12.7 Å². The third-order valence-corrected chi connectivity index (χ3v) is 0.747. The van der Waals surface area contributed by atoms with E-state index >= 15 is 0 Å². The maximum Gasteiger partial charge on any atom is 0.125 e. The molecule has 0 bridgehead atoms. The maximum absolute atomic E-state index is 12.1. The molecule has 0 radical (unpaired) electrons. The van der Waals surface area contributed by atoms with Crippen LogP contribution in [0.1, 0.15) is 6.92 Å². The van der Waals surface area contributed by atoms with Gasteiger partial charge in [0.05, 0.1) is 0 Å². The number of halogens is 2. The van der Waals surface area contributed by atoms with E-state index < -0.39 is 11.7 Å². The molecule has 0 aliphatic carbocycles. The molecule has 0 unspecified atom stereocenters. The molecule has 0 amide bonds. The Morgan fingerprint density at radius 1 is 1.33 bits per heavy atom. The lowest BCUT2D eigenvalue weighted by Gasteiger charge is -1.83. The van der Waals surface area contributed by atoms with Gasteiger partial charge in [0.2, 0.25) is 0 Å². The molecule has 0 nitrogen and oxygen atoms in total. The number of hydrogen-bond donors (Lipinski definition) is 0. The molecule has 0 N–H and O–H groups in total. The van der Waals surface area contributed by atoms with Crippen LogP contribution in [0.3, 0.4) is 0 Å². The summed E-state index contributed by atoms with van der Waals surface area (Å²) in [5.41, 5.74) is 0. The number of allylic oxidation sites excluding steroid dienone is 5. The highest BCUT2D eigenvalue weighted by molar-refractivity contribution is 5.19. The van der Waals surface area contributed by atoms with Crippen molar-refractivity contribution in [2.45, 2.75) is 6.92 Å². The molecule has 0 aromatic rings. The van der Waals surface area contributed by atoms with Crippen LogP contribution in [-0.4, -0.2) is 0 Å². The predicted molar refractivity (Wildman–Crippen MR) is 34.3 cm³/mol. The summed E-state index contributed by atoms with van der Waals surface area (Å²) in [5.74, 6) is -1.25. The molecule has 0 heterocycles. The molecule has 0 saturated heterocycles. The van der Waals surface area contributed by atoms with Gasteiger partial charge in [-0.15, -0.1) is 0 Å². The van der Waals surface area contributed by atoms with Gasteiger partial charge in [0.1, 0.15) is 11.7 Å². The van der Waals surface area contributed by atoms with E-state index in [4.69, 9.17) is 0 Å². The van der Waals surface area contributed by atoms with Crippen LogP contribution >= 0.6 is 0 Å². The van der Waals surface area contributed by atoms with Gasteiger partial charge in [0.15, 0.2) is 0 Å². The summed E-state index contributed by atoms with van der Waals surface area (Å²) in [6.45, 7) is 4.60. The van der Waals surface area contributed by atoms with E-state index in [1.807, 2.05) is 0 Å². The Balaban J connectivity index is 4.11. The van der Waals surface area contributed by atoms with E-state index in [2.05, 4.69) is 6.58 Å². The molecule has 2 heteroatoms. The van der Waals surface area contributed by atoms with Gasteiger partial charge in [0.25, 0.3) is 0 Å². The van der Waals surface area contributed by atoms with Crippen molar-refractivity contribution in [3.63, 3.8) is 0 Å². The average Bonchev–Trinajstić information content (AvgIpc) is 1.87. The largest absolute Gasteiger partial charge is 0.207 e. The monoisotopic (exact) mass is 130 g/mol. The molecule has 0 aromatic carbocycles. The molecule has 9 heavy (non-hydrogen) atoms. The van der Waals surface area contributed by atoms with E-state index in [0.717, 1.165) is 12.2 Å². The van der Waals surface area contributed by atoms with E-state index in [-0.39, 0.29) is 0 Å². The van der Waals surface area contributed by atoms with E-state index in [0.29, 0.717) is 0 Å². The van der Waals surface area contributed by atoms with Crippen LogP contribution in [0.15, 0.2) is 36.5 Å². The minimum atomic E-state index is -0.661. The Morgan fingerprint density at radius 2 is 1.89 bits per heavy atom. The Labute approximate surface area is 53.2 Å². The third kappa shape index (κ3) is 3.64. The molecule has 0 spiro atoms. The first-order chi connectivity index (χ1) is 4.20. The SMILES string of the molecule is C=C/C(F)=C\C(F)=C/C. The molecule has 0 aromatic heterocycles. The van der Waals surface area contributed by atoms with Crippen LogP contribution in [0.4, 0.5) is 8.78 Å². The third-order valence-electron chi connectivity index (χ3n) is 0.747. The van der Waals surface area contributed by atoms with Crippen molar-refractivity contribution >= 4 is 0 Å². The summed E-state index contributed by atoms with van der Waals surface area (Å²) in [6.07, 6.45) is 2.89. The smallest absolute Gasteiger partial charge is 0.125 e. The fraction of sp³-hybridized carbons (Fsp3) is 0.143. The second-order valence-corrected chi connectivity index (χ2v) is 1.41. The average molecular weight is 130 g/mol. The molecular weight excluding hydrogens is 122 g/mol. The standard InChI is InChI=1S/C7H8F2/c1-3-6(8)5-7(9)4-2/h3-5H,1H2,2H3/b6-5+,7-4+. The molecule has 0 aliphatic rings. The van der Waals surface area contributed by atoms with Gasteiger partial charge in [-0.05, 0) is 13.0 Å². The van der Waals surface area contributed by atoms with Crippen LogP contribution in [0.25, 0.3) is 0 Å². The lowest BCUT2D eigenvalue weighted by atomic mass is 10.4. The maximum atomic E-state index is 12.1. The topological polar surface area (TPSA) is 0 Å². The highest BCUT2D eigenvalue weighted by Crippen LogP contribution is 2.04. The predicted octanol–water partition coefficient (Wildman–Crippen LogP) is 2.90. The summed E-state index contributed by atoms with van der Waals surface area (Å²) in [5, 5.41) is 0. The van der Waals surface area contributed by atoms with Crippen LogP contribution < -0.4 is 0 Å². The van der Waals surface area contributed by atoms with Crippen molar-refractivity contribution < 1.29 is 8.78 Å². The van der Waals surface area contributed by atoms with Gasteiger partial charge in [0, 0.05) is 6.08 Å². The first-order valence-corrected chi connectivity index (χ1v) is 2.52. The van der Waals surface area contributed by atoms with E-state index in [9.17, 15) is 8.78 Å². The highest BCUT2D eigenvalue weighted by Gasteiger charge is 1.87. The van der Waals surface area contributed by atoms with Crippen LogP contribution in [-0.2, 0) is 0 Å². The second kappa shape index (κ2) is 4.01. The molecule has 0 saturated carbocycles. The van der Waals surface area contributed by atoms with Gasteiger partial charge < -0.3 is 0 Å². The molecule has 0 aliphatic heterocycles. The Bertz CT molecular complexity index is 154. The van der Waals surface area contributed by atoms with Crippen molar-refractivity contribution in [3.8, 4) is 0 Å². The van der Waals surface area contributed by atoms with Crippen molar-refractivity contribution in [2.75, 3.05) is 0 Å². The minimum Gasteiger partial charge on any atom is -0.207 e. The Kier molecular flexibility index (Phi) is 3.60. The lowest BCUT2D eigenvalue weighted by molar-refractivity contribution is 0.630. The van der Waals surface area contributed by atoms with Crippen molar-refractivity contribution in [2.24, 2.45) is 0 Å². The number of hydrogen-bond acceptors (Lipinski definition) is 0. The summed E-state index contributed by atoms with van der Waals surface area (Å²) in [6, 6.07) is 0. The highest BCUT2D eigenvalue weighted by atomic mass is 19.1. The zero-order valence-electron chi connectivity index (χ0n) is 5.20. The normalized spacial score (nSPS) is 13.7. The zero-order chi connectivity index (χ0) is 7.28. The first kappa shape index (κ1) is 8.08. The van der Waals surface area contributed by atoms with Crippen molar-refractivity contribution in [3.05, 3.63) is 36.5 Å². The summed E-state index contributed by atoms with van der Waals surface area (Å²) >= 11 is 0. The van der Waals surface area contributed by atoms with Gasteiger partial charge in [-0.2, -0.15) is 0 Å². The fourth-order valence-electron chi connectivity index (χ4n) is 0.274. The molecular formula is C7H8F2. The van der Waals surface area contributed by atoms with Crippen LogP contribution in [0, 0.1) is 0 Å². The summed E-state index contributed by atoms with van der Waals surface area (Å²) in [7, 11) is 0. The molecule has 0 rings (SSSR count). The van der Waals surface area contributed by atoms with Gasteiger partial charge in [-0.25, -0.2) is 8.78 Å². The zero-order valence-corrected chi connectivity index (χ0v) is 5.20. The minimum absolute atomic E-state index is 0.590.